The third-order valence-electron chi connectivity index (χ3n) is 0.956. The molecule has 0 spiro atoms. The maximum atomic E-state index is 11.0. The first-order valence-electron chi connectivity index (χ1n) is 2.70. The van der Waals surface area contributed by atoms with E-state index in [-0.39, 0.29) is 5.03 Å². The molecule has 62 valence electrons. The fraction of sp³-hybridized carbons (Fsp3) is 0.250. The Balaban J connectivity index is 2.92. The van der Waals surface area contributed by atoms with Crippen molar-refractivity contribution in [2.75, 3.05) is 7.11 Å². The summed E-state index contributed by atoms with van der Waals surface area (Å²) in [6.45, 7) is 0. The van der Waals surface area contributed by atoms with Crippen LogP contribution in [-0.2, 0) is 14.9 Å². The lowest BCUT2D eigenvalue weighted by molar-refractivity contribution is 0.153. The van der Waals surface area contributed by atoms with Gasteiger partial charge in [0.05, 0.1) is 19.6 Å². The Kier molecular flexibility index (Phi) is 2.22. The first-order chi connectivity index (χ1) is 5.17. The highest BCUT2D eigenvalue weighted by Crippen LogP contribution is 2.00. The molecule has 0 atom stereocenters. The number of rotatable bonds is 3. The zero-order valence-electron chi connectivity index (χ0n) is 5.73. The molecule has 0 fully saturated rings. The van der Waals surface area contributed by atoms with Gasteiger partial charge in [-0.1, -0.05) is 4.89 Å². The predicted molar refractivity (Wildman–Crippen MR) is 35.9 cm³/mol. The Morgan fingerprint density at radius 3 is 2.91 bits per heavy atom. The van der Waals surface area contributed by atoms with Gasteiger partial charge in [0.15, 0.2) is 5.03 Å². The molecule has 1 rings (SSSR count). The molecule has 0 saturated heterocycles. The summed E-state index contributed by atoms with van der Waals surface area (Å²) in [6, 6.07) is 0. The summed E-state index contributed by atoms with van der Waals surface area (Å²) in [5.74, 6) is 0. The van der Waals surface area contributed by atoms with Crippen molar-refractivity contribution in [1.82, 2.24) is 14.9 Å². The second-order valence-corrected chi connectivity index (χ2v) is 3.32. The van der Waals surface area contributed by atoms with Crippen LogP contribution in [0.2, 0.25) is 0 Å². The second-order valence-electron chi connectivity index (χ2n) is 1.71. The van der Waals surface area contributed by atoms with Crippen molar-refractivity contribution in [3.05, 3.63) is 12.5 Å². The Morgan fingerprint density at radius 1 is 1.73 bits per heavy atom. The largest absolute Gasteiger partial charge is 0.335 e. The number of aromatic nitrogens is 2. The number of imidazole rings is 1. The molecule has 1 heterocycles. The van der Waals surface area contributed by atoms with Crippen molar-refractivity contribution in [2.45, 2.75) is 5.03 Å². The molecule has 6 nitrogen and oxygen atoms in total. The molecular formula is C4H7N3O3S. The van der Waals surface area contributed by atoms with Crippen LogP contribution in [-0.4, -0.2) is 25.5 Å². The molecule has 0 amide bonds. The smallest absolute Gasteiger partial charge is 0.279 e. The van der Waals surface area contributed by atoms with E-state index >= 15 is 0 Å². The topological polar surface area (TPSA) is 84.1 Å². The van der Waals surface area contributed by atoms with Gasteiger partial charge in [-0.3, -0.25) is 4.84 Å². The van der Waals surface area contributed by atoms with Crippen LogP contribution >= 0.6 is 0 Å². The Bertz CT molecular complexity index is 303. The van der Waals surface area contributed by atoms with E-state index in [1.54, 1.807) is 0 Å². The molecule has 11 heavy (non-hydrogen) atoms. The summed E-state index contributed by atoms with van der Waals surface area (Å²) in [5, 5.41) is -0.0284. The zero-order valence-corrected chi connectivity index (χ0v) is 6.55. The van der Waals surface area contributed by atoms with Crippen LogP contribution in [0, 0.1) is 0 Å². The van der Waals surface area contributed by atoms with Crippen molar-refractivity contribution in [3.8, 4) is 0 Å². The maximum absolute atomic E-state index is 11.0. The summed E-state index contributed by atoms with van der Waals surface area (Å²) in [5.41, 5.74) is 0. The lowest BCUT2D eigenvalue weighted by Gasteiger charge is -1.98. The van der Waals surface area contributed by atoms with Gasteiger partial charge >= 0.3 is 0 Å². The minimum atomic E-state index is -3.56. The van der Waals surface area contributed by atoms with Crippen molar-refractivity contribution < 1.29 is 13.3 Å². The van der Waals surface area contributed by atoms with E-state index in [4.69, 9.17) is 0 Å². The van der Waals surface area contributed by atoms with Gasteiger partial charge in [0, 0.05) is 0 Å². The van der Waals surface area contributed by atoms with Gasteiger partial charge in [-0.2, -0.15) is 0 Å². The second kappa shape index (κ2) is 2.99. The molecule has 0 aliphatic heterocycles. The maximum Gasteiger partial charge on any atom is 0.279 e. The molecule has 1 aromatic rings. The van der Waals surface area contributed by atoms with E-state index in [2.05, 4.69) is 14.8 Å². The Morgan fingerprint density at radius 2 is 2.45 bits per heavy atom. The molecule has 0 saturated carbocycles. The van der Waals surface area contributed by atoms with Gasteiger partial charge < -0.3 is 4.98 Å². The van der Waals surface area contributed by atoms with Crippen LogP contribution in [0.15, 0.2) is 17.6 Å². The van der Waals surface area contributed by atoms with E-state index in [0.717, 1.165) is 0 Å². The van der Waals surface area contributed by atoms with Crippen LogP contribution in [0.5, 0.6) is 0 Å². The van der Waals surface area contributed by atoms with Gasteiger partial charge in [-0.15, -0.1) is 0 Å². The summed E-state index contributed by atoms with van der Waals surface area (Å²) in [4.78, 5) is 12.0. The monoisotopic (exact) mass is 177 g/mol. The van der Waals surface area contributed by atoms with E-state index in [0.29, 0.717) is 0 Å². The van der Waals surface area contributed by atoms with Crippen LogP contribution in [0.25, 0.3) is 0 Å². The molecule has 0 radical (unpaired) electrons. The van der Waals surface area contributed by atoms with E-state index in [1.807, 2.05) is 4.89 Å². The highest BCUT2D eigenvalue weighted by Gasteiger charge is 2.13. The van der Waals surface area contributed by atoms with Crippen molar-refractivity contribution >= 4 is 10.0 Å². The normalized spacial score (nSPS) is 11.7. The van der Waals surface area contributed by atoms with E-state index in [9.17, 15) is 8.42 Å². The van der Waals surface area contributed by atoms with E-state index < -0.39 is 10.0 Å². The first kappa shape index (κ1) is 8.18. The van der Waals surface area contributed by atoms with Crippen LogP contribution in [0.1, 0.15) is 0 Å². The predicted octanol–water partition coefficient (Wildman–Crippen LogP) is -0.751. The fourth-order valence-corrected chi connectivity index (χ4v) is 1.26. The number of nitrogens with zero attached hydrogens (tertiary/aromatic N) is 1. The third kappa shape index (κ3) is 1.76. The molecule has 0 aromatic carbocycles. The van der Waals surface area contributed by atoms with Gasteiger partial charge in [0.25, 0.3) is 10.0 Å². The summed E-state index contributed by atoms with van der Waals surface area (Å²) in [6.07, 6.45) is 2.45. The highest BCUT2D eigenvalue weighted by molar-refractivity contribution is 7.89. The van der Waals surface area contributed by atoms with Crippen LogP contribution < -0.4 is 4.89 Å². The lowest BCUT2D eigenvalue weighted by atomic mass is 11.0. The van der Waals surface area contributed by atoms with Crippen molar-refractivity contribution in [3.63, 3.8) is 0 Å². The van der Waals surface area contributed by atoms with E-state index in [1.165, 1.54) is 19.6 Å². The minimum Gasteiger partial charge on any atom is -0.335 e. The molecule has 0 bridgehead atoms. The summed E-state index contributed by atoms with van der Waals surface area (Å²) in [7, 11) is -2.34. The molecule has 0 unspecified atom stereocenters. The lowest BCUT2D eigenvalue weighted by Crippen LogP contribution is -2.22. The van der Waals surface area contributed by atoms with Gasteiger partial charge in [0.1, 0.15) is 0 Å². The number of aromatic amines is 1. The first-order valence-corrected chi connectivity index (χ1v) is 4.18. The number of nitrogens with one attached hydrogen (secondary N) is 2. The van der Waals surface area contributed by atoms with Crippen LogP contribution in [0.3, 0.4) is 0 Å². The van der Waals surface area contributed by atoms with Gasteiger partial charge in [-0.25, -0.2) is 13.4 Å². The number of hydrogen-bond acceptors (Lipinski definition) is 4. The molecule has 0 aliphatic rings. The SMILES string of the molecule is CONS(=O)(=O)c1cnc[nH]1. The Hall–Kier alpha value is -0.920. The zero-order chi connectivity index (χ0) is 8.32. The Labute approximate surface area is 63.6 Å². The average molecular weight is 177 g/mol. The average Bonchev–Trinajstić information content (AvgIpc) is 2.37. The van der Waals surface area contributed by atoms with Gasteiger partial charge in [-0.05, 0) is 0 Å². The van der Waals surface area contributed by atoms with Gasteiger partial charge in [0.2, 0.25) is 0 Å². The summed E-state index contributed by atoms with van der Waals surface area (Å²) < 4.78 is 22.0. The van der Waals surface area contributed by atoms with Crippen LogP contribution in [0.4, 0.5) is 0 Å². The quantitative estimate of drug-likeness (QED) is 0.595. The fourth-order valence-electron chi connectivity index (χ4n) is 0.545. The third-order valence-corrected chi connectivity index (χ3v) is 2.14. The molecule has 0 aliphatic carbocycles. The molecular weight excluding hydrogens is 170 g/mol. The molecule has 2 N–H and O–H groups in total. The standard InChI is InChI=1S/C4H7N3O3S/c1-10-7-11(8,9)4-2-5-3-6-4/h2-3,7H,1H3,(H,5,6). The molecule has 7 heteroatoms. The minimum absolute atomic E-state index is 0.0284. The number of sulfonamides is 1. The highest BCUT2D eigenvalue weighted by atomic mass is 32.2. The number of hydrogen-bond donors (Lipinski definition) is 2. The summed E-state index contributed by atoms with van der Waals surface area (Å²) >= 11 is 0. The van der Waals surface area contributed by atoms with Crippen molar-refractivity contribution in [1.29, 1.82) is 0 Å². The molecule has 1 aromatic heterocycles. The van der Waals surface area contributed by atoms with Crippen molar-refractivity contribution in [2.24, 2.45) is 0 Å². The number of H-pyrrole nitrogens is 1.